The van der Waals surface area contributed by atoms with Crippen molar-refractivity contribution >= 4 is 23.0 Å². The topological polar surface area (TPSA) is 52.1 Å². The molecule has 0 N–H and O–H groups in total. The Morgan fingerprint density at radius 1 is 0.971 bits per heavy atom. The number of Topliss-reactive ketones (excluding diaryl/α,β-unsaturated/α-hetero) is 1. The molecule has 182 valence electrons. The van der Waals surface area contributed by atoms with Gasteiger partial charge in [-0.05, 0) is 80.7 Å². The number of para-hydroxylation sites is 1. The zero-order valence-corrected chi connectivity index (χ0v) is 21.8. The maximum absolute atomic E-state index is 11.8. The Kier molecular flexibility index (Phi) is 11.6. The molecular formula is C30H33ClN2O2. The highest BCUT2D eigenvalue weighted by Crippen LogP contribution is 2.25. The first kappa shape index (κ1) is 27.7. The molecule has 0 fully saturated rings. The Morgan fingerprint density at radius 3 is 2.11 bits per heavy atom. The number of hydrogen-bond donors (Lipinski definition) is 0. The van der Waals surface area contributed by atoms with Crippen molar-refractivity contribution in [1.82, 2.24) is 9.97 Å². The molecule has 0 spiro atoms. The van der Waals surface area contributed by atoms with Crippen molar-refractivity contribution < 1.29 is 9.53 Å². The quantitative estimate of drug-likeness (QED) is 0.236. The summed E-state index contributed by atoms with van der Waals surface area (Å²) in [7, 11) is 0. The molecule has 1 aromatic heterocycles. The lowest BCUT2D eigenvalue weighted by Crippen LogP contribution is -2.02. The van der Waals surface area contributed by atoms with E-state index in [1.54, 1.807) is 25.5 Å². The van der Waals surface area contributed by atoms with E-state index in [0.29, 0.717) is 10.6 Å². The van der Waals surface area contributed by atoms with Crippen molar-refractivity contribution in [2.24, 2.45) is 0 Å². The minimum atomic E-state index is -0.0276. The molecule has 0 saturated heterocycles. The van der Waals surface area contributed by atoms with Crippen LogP contribution in [-0.4, -0.2) is 15.8 Å². The van der Waals surface area contributed by atoms with Crippen LogP contribution in [0.2, 0.25) is 0 Å². The lowest BCUT2D eigenvalue weighted by molar-refractivity contribution is -0.113. The largest absolute Gasteiger partial charge is 0.457 e. The predicted octanol–water partition coefficient (Wildman–Crippen LogP) is 8.36. The van der Waals surface area contributed by atoms with Crippen molar-refractivity contribution in [3.63, 3.8) is 0 Å². The Balaban J connectivity index is 0.000000256. The van der Waals surface area contributed by atoms with Crippen LogP contribution in [0.25, 0.3) is 5.57 Å². The summed E-state index contributed by atoms with van der Waals surface area (Å²) in [5, 5.41) is 0.514. The number of ether oxygens (including phenoxy) is 1. The van der Waals surface area contributed by atoms with Crippen LogP contribution >= 0.6 is 11.6 Å². The molecule has 0 amide bonds. The zero-order chi connectivity index (χ0) is 25.6. The Morgan fingerprint density at radius 2 is 1.63 bits per heavy atom. The standard InChI is InChI=1S/C16H19ClN2O.C14H14O/c1-5-13(15-10-18-7-8-19-15)9-14(6-2)16(11(3)17)12(4)20;1-2-12-8-10-14(11-9-12)15-13-6-4-3-5-7-13/h5,7-10H,6H2,1-4H3;3-11H,2H2,1H3/b13-5+,14-9-,16-11+;. The van der Waals surface area contributed by atoms with E-state index in [0.717, 1.165) is 41.2 Å². The number of aromatic nitrogens is 2. The maximum atomic E-state index is 11.8. The highest BCUT2D eigenvalue weighted by atomic mass is 35.5. The number of halogens is 1. The fourth-order valence-electron chi connectivity index (χ4n) is 3.40. The van der Waals surface area contributed by atoms with E-state index in [-0.39, 0.29) is 5.78 Å². The van der Waals surface area contributed by atoms with Gasteiger partial charge in [-0.15, -0.1) is 0 Å². The summed E-state index contributed by atoms with van der Waals surface area (Å²) in [6, 6.07) is 18.0. The van der Waals surface area contributed by atoms with Crippen molar-refractivity contribution in [2.45, 2.75) is 47.5 Å². The lowest BCUT2D eigenvalue weighted by Gasteiger charge is -2.10. The average Bonchev–Trinajstić information content (AvgIpc) is 2.88. The van der Waals surface area contributed by atoms with Gasteiger partial charge in [-0.3, -0.25) is 14.8 Å². The molecule has 3 rings (SSSR count). The number of rotatable bonds is 8. The fraction of sp³-hybridized carbons (Fsp3) is 0.233. The second-order valence-corrected chi connectivity index (χ2v) is 8.30. The number of carbonyl (C=O) groups excluding carboxylic acids is 1. The molecule has 0 aliphatic rings. The number of carbonyl (C=O) groups is 1. The monoisotopic (exact) mass is 488 g/mol. The lowest BCUT2D eigenvalue weighted by atomic mass is 9.96. The highest BCUT2D eigenvalue weighted by Gasteiger charge is 2.13. The third kappa shape index (κ3) is 8.99. The van der Waals surface area contributed by atoms with E-state index in [1.807, 2.05) is 68.5 Å². The summed E-state index contributed by atoms with van der Waals surface area (Å²) in [4.78, 5) is 20.1. The summed E-state index contributed by atoms with van der Waals surface area (Å²) in [5.41, 5.74) is 4.51. The normalized spacial score (nSPS) is 12.3. The van der Waals surface area contributed by atoms with Crippen LogP contribution in [0.4, 0.5) is 0 Å². The molecule has 0 saturated carbocycles. The smallest absolute Gasteiger partial charge is 0.161 e. The third-order valence-electron chi connectivity index (χ3n) is 5.21. The van der Waals surface area contributed by atoms with Crippen LogP contribution in [0, 0.1) is 0 Å². The van der Waals surface area contributed by atoms with E-state index in [9.17, 15) is 4.79 Å². The van der Waals surface area contributed by atoms with Gasteiger partial charge in [0, 0.05) is 23.0 Å². The van der Waals surface area contributed by atoms with Crippen LogP contribution < -0.4 is 4.74 Å². The van der Waals surface area contributed by atoms with Gasteiger partial charge >= 0.3 is 0 Å². The van der Waals surface area contributed by atoms with Crippen molar-refractivity contribution in [2.75, 3.05) is 0 Å². The van der Waals surface area contributed by atoms with Gasteiger partial charge in [0.2, 0.25) is 0 Å². The van der Waals surface area contributed by atoms with Gasteiger partial charge in [0.15, 0.2) is 5.78 Å². The number of hydrogen-bond acceptors (Lipinski definition) is 4. The van der Waals surface area contributed by atoms with E-state index in [1.165, 1.54) is 12.5 Å². The first-order valence-electron chi connectivity index (χ1n) is 11.7. The number of ketones is 1. The zero-order valence-electron chi connectivity index (χ0n) is 21.1. The molecule has 0 atom stereocenters. The van der Waals surface area contributed by atoms with Gasteiger partial charge in [-0.2, -0.15) is 0 Å². The second kappa shape index (κ2) is 14.7. The van der Waals surface area contributed by atoms with Gasteiger partial charge in [0.1, 0.15) is 11.5 Å². The molecule has 1 heterocycles. The van der Waals surface area contributed by atoms with Gasteiger partial charge in [0.05, 0.1) is 11.9 Å². The molecule has 4 nitrogen and oxygen atoms in total. The van der Waals surface area contributed by atoms with Crippen LogP contribution in [0.3, 0.4) is 0 Å². The van der Waals surface area contributed by atoms with Crippen molar-refractivity contribution in [1.29, 1.82) is 0 Å². The minimum Gasteiger partial charge on any atom is -0.457 e. The minimum absolute atomic E-state index is 0.0276. The number of aryl methyl sites for hydroxylation is 1. The number of benzene rings is 2. The molecule has 0 aliphatic carbocycles. The van der Waals surface area contributed by atoms with Crippen LogP contribution in [0.1, 0.15) is 52.3 Å². The molecule has 35 heavy (non-hydrogen) atoms. The molecular weight excluding hydrogens is 456 g/mol. The molecule has 0 unspecified atom stereocenters. The van der Waals surface area contributed by atoms with Crippen LogP contribution in [0.5, 0.6) is 11.5 Å². The molecule has 2 aromatic carbocycles. The first-order valence-corrected chi connectivity index (χ1v) is 12.1. The summed E-state index contributed by atoms with van der Waals surface area (Å²) in [5.74, 6) is 1.74. The van der Waals surface area contributed by atoms with E-state index < -0.39 is 0 Å². The second-order valence-electron chi connectivity index (χ2n) is 7.74. The third-order valence-corrected chi connectivity index (χ3v) is 5.40. The van der Waals surface area contributed by atoms with E-state index in [2.05, 4.69) is 29.0 Å². The van der Waals surface area contributed by atoms with E-state index in [4.69, 9.17) is 16.3 Å². The van der Waals surface area contributed by atoms with Gasteiger partial charge < -0.3 is 4.74 Å². The van der Waals surface area contributed by atoms with Crippen LogP contribution in [-0.2, 0) is 11.2 Å². The van der Waals surface area contributed by atoms with Gasteiger partial charge in [-0.1, -0.05) is 61.9 Å². The number of nitrogens with zero attached hydrogens (tertiary/aromatic N) is 2. The van der Waals surface area contributed by atoms with Crippen molar-refractivity contribution in [3.05, 3.63) is 113 Å². The molecule has 5 heteroatoms. The summed E-state index contributed by atoms with van der Waals surface area (Å²) in [6.45, 7) is 9.34. The van der Waals surface area contributed by atoms with Gasteiger partial charge in [0.25, 0.3) is 0 Å². The average molecular weight is 489 g/mol. The Hall–Kier alpha value is -3.50. The first-order chi connectivity index (χ1) is 16.9. The molecule has 0 aliphatic heterocycles. The van der Waals surface area contributed by atoms with Gasteiger partial charge in [-0.25, -0.2) is 0 Å². The number of allylic oxidation sites excluding steroid dienone is 6. The summed E-state index contributed by atoms with van der Waals surface area (Å²) >= 11 is 6.06. The summed E-state index contributed by atoms with van der Waals surface area (Å²) < 4.78 is 5.68. The molecule has 0 bridgehead atoms. The fourth-order valence-corrected chi connectivity index (χ4v) is 3.65. The predicted molar refractivity (Wildman–Crippen MR) is 146 cm³/mol. The Bertz CT molecular complexity index is 1160. The van der Waals surface area contributed by atoms with Crippen molar-refractivity contribution in [3.8, 4) is 11.5 Å². The SMILES string of the molecule is CCc1ccc(Oc2ccccc2)cc1.C\C=C(/C=C(CC)\C(C(C)=O)=C(/C)Cl)c1cnccn1. The van der Waals surface area contributed by atoms with Crippen LogP contribution in [0.15, 0.2) is 102 Å². The van der Waals surface area contributed by atoms with E-state index >= 15 is 0 Å². The Labute approximate surface area is 214 Å². The molecule has 3 aromatic rings. The highest BCUT2D eigenvalue weighted by molar-refractivity contribution is 6.32. The maximum Gasteiger partial charge on any atom is 0.161 e. The summed E-state index contributed by atoms with van der Waals surface area (Å²) in [6.07, 6.45) is 10.7. The molecule has 0 radical (unpaired) electrons.